The first-order chi connectivity index (χ1) is 11.9. The molecule has 6 heteroatoms. The highest BCUT2D eigenvalue weighted by Gasteiger charge is 2.09. The summed E-state index contributed by atoms with van der Waals surface area (Å²) in [7, 11) is 0. The lowest BCUT2D eigenvalue weighted by atomic mass is 10.2. The molecule has 0 unspecified atom stereocenters. The second-order valence-corrected chi connectivity index (χ2v) is 5.61. The van der Waals surface area contributed by atoms with Crippen LogP contribution in [0.25, 0.3) is 0 Å². The van der Waals surface area contributed by atoms with Gasteiger partial charge in [0.1, 0.15) is 11.7 Å². The maximum Gasteiger partial charge on any atom is 0.128 e. The summed E-state index contributed by atoms with van der Waals surface area (Å²) < 4.78 is 0. The van der Waals surface area contributed by atoms with E-state index < -0.39 is 0 Å². The van der Waals surface area contributed by atoms with Crippen molar-refractivity contribution in [2.24, 2.45) is 20.2 Å². The van der Waals surface area contributed by atoms with Crippen LogP contribution in [0.1, 0.15) is 11.1 Å². The Bertz CT molecular complexity index is 767. The van der Waals surface area contributed by atoms with Crippen LogP contribution >= 0.6 is 0 Å². The number of azo groups is 1. The summed E-state index contributed by atoms with van der Waals surface area (Å²) in [5.41, 5.74) is 3.71. The van der Waals surface area contributed by atoms with E-state index >= 15 is 0 Å². The van der Waals surface area contributed by atoms with Gasteiger partial charge in [0.05, 0.1) is 24.5 Å². The molecule has 0 saturated carbocycles. The van der Waals surface area contributed by atoms with Crippen molar-refractivity contribution in [1.82, 2.24) is 10.6 Å². The van der Waals surface area contributed by atoms with Crippen molar-refractivity contribution in [2.45, 2.75) is 0 Å². The van der Waals surface area contributed by atoms with Gasteiger partial charge < -0.3 is 10.6 Å². The highest BCUT2D eigenvalue weighted by atomic mass is 15.1. The van der Waals surface area contributed by atoms with E-state index in [1.807, 2.05) is 48.5 Å². The minimum absolute atomic E-state index is 0.811. The molecule has 0 fully saturated rings. The first-order valence-corrected chi connectivity index (χ1v) is 8.08. The Hall–Kier alpha value is -3.02. The average Bonchev–Trinajstić information content (AvgIpc) is 3.34. The minimum atomic E-state index is 0.811. The van der Waals surface area contributed by atoms with Crippen LogP contribution in [-0.2, 0) is 0 Å². The number of aliphatic imine (C=N–C) groups is 2. The van der Waals surface area contributed by atoms with Crippen molar-refractivity contribution in [2.75, 3.05) is 26.2 Å². The molecule has 0 atom stereocenters. The van der Waals surface area contributed by atoms with Crippen LogP contribution in [0.5, 0.6) is 0 Å². The smallest absolute Gasteiger partial charge is 0.128 e. The van der Waals surface area contributed by atoms with Crippen LogP contribution in [0.4, 0.5) is 11.4 Å². The molecule has 2 N–H and O–H groups in total. The predicted molar refractivity (Wildman–Crippen MR) is 95.9 cm³/mol. The number of hydrogen-bond acceptors (Lipinski definition) is 6. The number of amidine groups is 2. The molecule has 0 spiro atoms. The van der Waals surface area contributed by atoms with Crippen molar-refractivity contribution < 1.29 is 0 Å². The Labute approximate surface area is 140 Å². The molecule has 2 aromatic carbocycles. The fraction of sp³-hybridized carbons (Fsp3) is 0.222. The molecule has 0 bridgehead atoms. The Kier molecular flexibility index (Phi) is 4.02. The maximum atomic E-state index is 4.43. The van der Waals surface area contributed by atoms with E-state index in [4.69, 9.17) is 0 Å². The van der Waals surface area contributed by atoms with Gasteiger partial charge in [0, 0.05) is 24.2 Å². The van der Waals surface area contributed by atoms with E-state index in [1.165, 1.54) is 0 Å². The van der Waals surface area contributed by atoms with Gasteiger partial charge in [-0.05, 0) is 24.3 Å². The second kappa shape index (κ2) is 6.62. The van der Waals surface area contributed by atoms with Gasteiger partial charge in [-0.25, -0.2) is 0 Å². The van der Waals surface area contributed by atoms with Crippen LogP contribution in [-0.4, -0.2) is 37.9 Å². The summed E-state index contributed by atoms with van der Waals surface area (Å²) in [5.74, 6) is 1.86. The lowest BCUT2D eigenvalue weighted by molar-refractivity contribution is 0.960. The largest absolute Gasteiger partial charge is 0.368 e. The first-order valence-electron chi connectivity index (χ1n) is 8.08. The summed E-state index contributed by atoms with van der Waals surface area (Å²) in [5, 5.41) is 15.3. The van der Waals surface area contributed by atoms with Gasteiger partial charge in [-0.1, -0.05) is 24.3 Å². The molecular weight excluding hydrogens is 300 g/mol. The number of nitrogens with one attached hydrogen (secondary N) is 2. The standard InChI is InChI=1S/C18H18N6/c1-3-13(17-19-7-8-20-17)11-15(5-1)23-24-16-6-2-4-14(12-16)18-21-9-10-22-18/h1-6,11-12H,7-10H2,(H,19,20)(H,21,22). The second-order valence-electron chi connectivity index (χ2n) is 5.61. The van der Waals surface area contributed by atoms with Gasteiger partial charge in [0.2, 0.25) is 0 Å². The van der Waals surface area contributed by atoms with Gasteiger partial charge in [-0.15, -0.1) is 0 Å². The van der Waals surface area contributed by atoms with E-state index in [1.54, 1.807) is 0 Å². The molecule has 2 heterocycles. The molecule has 24 heavy (non-hydrogen) atoms. The molecule has 120 valence electrons. The van der Waals surface area contributed by atoms with Crippen LogP contribution in [0, 0.1) is 0 Å². The highest BCUT2D eigenvalue weighted by molar-refractivity contribution is 6.00. The van der Waals surface area contributed by atoms with Crippen molar-refractivity contribution in [1.29, 1.82) is 0 Å². The van der Waals surface area contributed by atoms with E-state index in [0.29, 0.717) is 0 Å². The number of rotatable bonds is 4. The fourth-order valence-electron chi connectivity index (χ4n) is 2.73. The predicted octanol–water partition coefficient (Wildman–Crippen LogP) is 2.80. The first kappa shape index (κ1) is 14.6. The molecule has 2 aromatic rings. The number of benzene rings is 2. The average molecular weight is 318 g/mol. The topological polar surface area (TPSA) is 73.5 Å². The van der Waals surface area contributed by atoms with Gasteiger partial charge in [-0.2, -0.15) is 10.2 Å². The van der Waals surface area contributed by atoms with Crippen molar-refractivity contribution in [3.8, 4) is 0 Å². The monoisotopic (exact) mass is 318 g/mol. The van der Waals surface area contributed by atoms with Crippen molar-refractivity contribution in [3.05, 3.63) is 59.7 Å². The normalized spacial score (nSPS) is 16.7. The van der Waals surface area contributed by atoms with Crippen LogP contribution in [0.2, 0.25) is 0 Å². The van der Waals surface area contributed by atoms with Crippen LogP contribution in [0.3, 0.4) is 0 Å². The fourth-order valence-corrected chi connectivity index (χ4v) is 2.73. The van der Waals surface area contributed by atoms with E-state index in [0.717, 1.165) is 60.4 Å². The quantitative estimate of drug-likeness (QED) is 0.851. The summed E-state index contributed by atoms with van der Waals surface area (Å²) >= 11 is 0. The zero-order valence-corrected chi connectivity index (χ0v) is 13.2. The lowest BCUT2D eigenvalue weighted by Gasteiger charge is -2.03. The Morgan fingerprint density at radius 3 is 1.62 bits per heavy atom. The third-order valence-electron chi connectivity index (χ3n) is 3.87. The number of nitrogens with zero attached hydrogens (tertiary/aromatic N) is 4. The molecule has 6 nitrogen and oxygen atoms in total. The van der Waals surface area contributed by atoms with E-state index in [2.05, 4.69) is 30.8 Å². The lowest BCUT2D eigenvalue weighted by Crippen LogP contribution is -2.19. The molecule has 2 aliphatic heterocycles. The summed E-state index contributed by atoms with van der Waals surface area (Å²) in [6.07, 6.45) is 0. The van der Waals surface area contributed by atoms with Crippen molar-refractivity contribution >= 4 is 23.0 Å². The van der Waals surface area contributed by atoms with Crippen LogP contribution < -0.4 is 10.6 Å². The Morgan fingerprint density at radius 2 is 1.21 bits per heavy atom. The molecular formula is C18H18N6. The zero-order chi connectivity index (χ0) is 16.2. The van der Waals surface area contributed by atoms with Crippen molar-refractivity contribution in [3.63, 3.8) is 0 Å². The molecule has 0 radical (unpaired) electrons. The third kappa shape index (κ3) is 3.17. The van der Waals surface area contributed by atoms with Gasteiger partial charge in [0.25, 0.3) is 0 Å². The minimum Gasteiger partial charge on any atom is -0.368 e. The van der Waals surface area contributed by atoms with Crippen LogP contribution in [0.15, 0.2) is 68.7 Å². The highest BCUT2D eigenvalue weighted by Crippen LogP contribution is 2.21. The van der Waals surface area contributed by atoms with E-state index in [-0.39, 0.29) is 0 Å². The molecule has 0 amide bonds. The van der Waals surface area contributed by atoms with Gasteiger partial charge in [-0.3, -0.25) is 9.98 Å². The molecule has 4 rings (SSSR count). The summed E-state index contributed by atoms with van der Waals surface area (Å²) in [4.78, 5) is 8.87. The zero-order valence-electron chi connectivity index (χ0n) is 13.2. The maximum absolute atomic E-state index is 4.43. The SMILES string of the molecule is c1cc(N=Nc2cccc(C3=NCCN3)c2)cc(C2=NCCN2)c1. The number of hydrogen-bond donors (Lipinski definition) is 2. The summed E-state index contributed by atoms with van der Waals surface area (Å²) in [6.45, 7) is 3.44. The molecule has 0 aromatic heterocycles. The van der Waals surface area contributed by atoms with Gasteiger partial charge >= 0.3 is 0 Å². The molecule has 2 aliphatic rings. The Balaban J connectivity index is 1.55. The summed E-state index contributed by atoms with van der Waals surface area (Å²) in [6, 6.07) is 15.9. The van der Waals surface area contributed by atoms with Gasteiger partial charge in [0.15, 0.2) is 0 Å². The van der Waals surface area contributed by atoms with E-state index in [9.17, 15) is 0 Å². The molecule has 0 saturated heterocycles. The Morgan fingerprint density at radius 1 is 0.708 bits per heavy atom. The third-order valence-corrected chi connectivity index (χ3v) is 3.87. The molecule has 0 aliphatic carbocycles.